The summed E-state index contributed by atoms with van der Waals surface area (Å²) in [6.07, 6.45) is 9.07. The second-order valence-corrected chi connectivity index (χ2v) is 6.63. The molecule has 1 aliphatic heterocycles. The van der Waals surface area contributed by atoms with Crippen molar-refractivity contribution in [3.8, 4) is 0 Å². The lowest BCUT2D eigenvalue weighted by Crippen LogP contribution is -2.37. The molecule has 1 fully saturated rings. The van der Waals surface area contributed by atoms with Crippen molar-refractivity contribution in [3.63, 3.8) is 0 Å². The Hall–Kier alpha value is -2.17. The van der Waals surface area contributed by atoms with Crippen LogP contribution in [0, 0.1) is 5.92 Å². The van der Waals surface area contributed by atoms with E-state index in [0.717, 1.165) is 57.4 Å². The molecule has 0 saturated carbocycles. The molecule has 0 atom stereocenters. The highest BCUT2D eigenvalue weighted by atomic mass is 16.1. The van der Waals surface area contributed by atoms with E-state index < -0.39 is 0 Å². The molecule has 2 aliphatic rings. The molecule has 0 bridgehead atoms. The minimum absolute atomic E-state index is 0.0715. The predicted molar refractivity (Wildman–Crippen MR) is 89.7 cm³/mol. The first-order valence-electron chi connectivity index (χ1n) is 8.54. The quantitative estimate of drug-likeness (QED) is 0.870. The Morgan fingerprint density at radius 1 is 1.13 bits per heavy atom. The van der Waals surface area contributed by atoms with Gasteiger partial charge in [0.1, 0.15) is 0 Å². The van der Waals surface area contributed by atoms with Crippen LogP contribution in [0.2, 0.25) is 0 Å². The highest BCUT2D eigenvalue weighted by Gasteiger charge is 2.22. The number of anilines is 1. The Bertz CT molecular complexity index is 732. The third-order valence-corrected chi connectivity index (χ3v) is 5.10. The Kier molecular flexibility index (Phi) is 3.85. The van der Waals surface area contributed by atoms with Gasteiger partial charge in [-0.2, -0.15) is 5.10 Å². The smallest absolute Gasteiger partial charge is 0.267 e. The van der Waals surface area contributed by atoms with Crippen LogP contribution in [-0.2, 0) is 19.4 Å². The molecule has 0 radical (unpaired) electrons. The molecule has 0 aromatic carbocycles. The van der Waals surface area contributed by atoms with Crippen molar-refractivity contribution in [3.05, 3.63) is 52.2 Å². The summed E-state index contributed by atoms with van der Waals surface area (Å²) < 4.78 is 1.71. The van der Waals surface area contributed by atoms with Gasteiger partial charge in [0.2, 0.25) is 0 Å². The lowest BCUT2D eigenvalue weighted by Gasteiger charge is -2.33. The van der Waals surface area contributed by atoms with E-state index in [1.165, 1.54) is 11.3 Å². The molecule has 120 valence electrons. The van der Waals surface area contributed by atoms with Gasteiger partial charge < -0.3 is 4.90 Å². The summed E-state index contributed by atoms with van der Waals surface area (Å²) in [4.78, 5) is 18.7. The van der Waals surface area contributed by atoms with Gasteiger partial charge in [0, 0.05) is 43.8 Å². The molecule has 2 aromatic rings. The lowest BCUT2D eigenvalue weighted by atomic mass is 9.96. The number of aryl methyl sites for hydroxylation is 2. The average Bonchev–Trinajstić information content (AvgIpc) is 3.04. The Morgan fingerprint density at radius 2 is 1.91 bits per heavy atom. The molecule has 5 nitrogen and oxygen atoms in total. The van der Waals surface area contributed by atoms with E-state index in [-0.39, 0.29) is 5.56 Å². The average molecular weight is 310 g/mol. The van der Waals surface area contributed by atoms with Gasteiger partial charge in [-0.25, -0.2) is 4.68 Å². The van der Waals surface area contributed by atoms with Crippen LogP contribution in [-0.4, -0.2) is 27.9 Å². The first kappa shape index (κ1) is 14.4. The van der Waals surface area contributed by atoms with E-state index >= 15 is 0 Å². The SMILES string of the molecule is O=c1cc2c(nn1CC1CCN(c3ccncc3)CC1)CCC2. The van der Waals surface area contributed by atoms with Gasteiger partial charge in [-0.1, -0.05) is 0 Å². The minimum Gasteiger partial charge on any atom is -0.371 e. The van der Waals surface area contributed by atoms with Gasteiger partial charge in [-0.15, -0.1) is 0 Å². The molecule has 2 aromatic heterocycles. The molecule has 0 spiro atoms. The number of nitrogens with zero attached hydrogens (tertiary/aromatic N) is 4. The highest BCUT2D eigenvalue weighted by Crippen LogP contribution is 2.24. The van der Waals surface area contributed by atoms with Crippen LogP contribution in [0.25, 0.3) is 0 Å². The van der Waals surface area contributed by atoms with E-state index in [2.05, 4.69) is 27.1 Å². The van der Waals surface area contributed by atoms with Gasteiger partial charge in [-0.3, -0.25) is 9.78 Å². The maximum Gasteiger partial charge on any atom is 0.267 e. The standard InChI is InChI=1S/C18H22N4O/c23-18-12-15-2-1-3-17(15)20-22(18)13-14-6-10-21(11-7-14)16-4-8-19-9-5-16/h4-5,8-9,12,14H,1-3,6-7,10-11,13H2. The lowest BCUT2D eigenvalue weighted by molar-refractivity contribution is 0.334. The first-order chi connectivity index (χ1) is 11.3. The van der Waals surface area contributed by atoms with Crippen molar-refractivity contribution < 1.29 is 0 Å². The van der Waals surface area contributed by atoms with Crippen molar-refractivity contribution in [2.24, 2.45) is 5.92 Å². The molecular formula is C18H22N4O. The number of pyridine rings is 1. The summed E-state index contributed by atoms with van der Waals surface area (Å²) in [6.45, 7) is 2.83. The van der Waals surface area contributed by atoms with Gasteiger partial charge in [0.25, 0.3) is 5.56 Å². The summed E-state index contributed by atoms with van der Waals surface area (Å²) in [5.74, 6) is 0.540. The highest BCUT2D eigenvalue weighted by molar-refractivity contribution is 5.44. The number of piperidine rings is 1. The Morgan fingerprint density at radius 3 is 2.70 bits per heavy atom. The summed E-state index contributed by atoms with van der Waals surface area (Å²) in [7, 11) is 0. The van der Waals surface area contributed by atoms with Crippen LogP contribution >= 0.6 is 0 Å². The second kappa shape index (κ2) is 6.14. The number of hydrogen-bond donors (Lipinski definition) is 0. The molecule has 23 heavy (non-hydrogen) atoms. The van der Waals surface area contributed by atoms with Crippen LogP contribution in [0.5, 0.6) is 0 Å². The number of rotatable bonds is 3. The minimum atomic E-state index is 0.0715. The van der Waals surface area contributed by atoms with Crippen LogP contribution in [0.3, 0.4) is 0 Å². The summed E-state index contributed by atoms with van der Waals surface area (Å²) in [6, 6.07) is 5.93. The van der Waals surface area contributed by atoms with Crippen LogP contribution in [0.1, 0.15) is 30.5 Å². The molecule has 1 aliphatic carbocycles. The number of hydrogen-bond acceptors (Lipinski definition) is 4. The van der Waals surface area contributed by atoms with Crippen molar-refractivity contribution in [2.75, 3.05) is 18.0 Å². The number of fused-ring (bicyclic) bond motifs is 1. The maximum atomic E-state index is 12.2. The molecule has 3 heterocycles. The van der Waals surface area contributed by atoms with Crippen molar-refractivity contribution in [1.82, 2.24) is 14.8 Å². The largest absolute Gasteiger partial charge is 0.371 e. The zero-order valence-corrected chi connectivity index (χ0v) is 13.3. The van der Waals surface area contributed by atoms with Crippen LogP contribution < -0.4 is 10.5 Å². The van der Waals surface area contributed by atoms with Crippen molar-refractivity contribution in [2.45, 2.75) is 38.6 Å². The summed E-state index contributed by atoms with van der Waals surface area (Å²) in [5.41, 5.74) is 3.62. The van der Waals surface area contributed by atoms with Crippen LogP contribution in [0.15, 0.2) is 35.4 Å². The van der Waals surface area contributed by atoms with E-state index in [0.29, 0.717) is 5.92 Å². The fourth-order valence-electron chi connectivity index (χ4n) is 3.74. The number of aromatic nitrogens is 3. The molecule has 4 rings (SSSR count). The fraction of sp³-hybridized carbons (Fsp3) is 0.500. The second-order valence-electron chi connectivity index (χ2n) is 6.63. The van der Waals surface area contributed by atoms with E-state index in [9.17, 15) is 4.79 Å². The normalized spacial score (nSPS) is 18.2. The van der Waals surface area contributed by atoms with Gasteiger partial charge in [0.05, 0.1) is 5.69 Å². The summed E-state index contributed by atoms with van der Waals surface area (Å²) >= 11 is 0. The third kappa shape index (κ3) is 3.00. The van der Waals surface area contributed by atoms with E-state index in [4.69, 9.17) is 0 Å². The van der Waals surface area contributed by atoms with Crippen molar-refractivity contribution in [1.29, 1.82) is 0 Å². The van der Waals surface area contributed by atoms with Crippen LogP contribution in [0.4, 0.5) is 5.69 Å². The van der Waals surface area contributed by atoms with E-state index in [1.807, 2.05) is 12.4 Å². The van der Waals surface area contributed by atoms with Gasteiger partial charge >= 0.3 is 0 Å². The molecule has 0 N–H and O–H groups in total. The van der Waals surface area contributed by atoms with E-state index in [1.54, 1.807) is 10.7 Å². The third-order valence-electron chi connectivity index (χ3n) is 5.10. The molecule has 5 heteroatoms. The van der Waals surface area contributed by atoms with Gasteiger partial charge in [0.15, 0.2) is 0 Å². The molecule has 0 unspecified atom stereocenters. The summed E-state index contributed by atoms with van der Waals surface area (Å²) in [5, 5.41) is 4.61. The monoisotopic (exact) mass is 310 g/mol. The molecule has 1 saturated heterocycles. The fourth-order valence-corrected chi connectivity index (χ4v) is 3.74. The maximum absolute atomic E-state index is 12.2. The molecule has 0 amide bonds. The predicted octanol–water partition coefficient (Wildman–Crippen LogP) is 2.04. The van der Waals surface area contributed by atoms with Gasteiger partial charge in [-0.05, 0) is 55.7 Å². The van der Waals surface area contributed by atoms with Crippen molar-refractivity contribution >= 4 is 5.69 Å². The zero-order chi connectivity index (χ0) is 15.6. The first-order valence-corrected chi connectivity index (χ1v) is 8.54. The zero-order valence-electron chi connectivity index (χ0n) is 13.3. The Balaban J connectivity index is 1.41. The Labute approximate surface area is 136 Å². The molecular weight excluding hydrogens is 288 g/mol. The topological polar surface area (TPSA) is 51.0 Å².